The molecule has 1 unspecified atom stereocenters. The predicted molar refractivity (Wildman–Crippen MR) is 107 cm³/mol. The van der Waals surface area contributed by atoms with Crippen molar-refractivity contribution in [3.63, 3.8) is 0 Å². The summed E-state index contributed by atoms with van der Waals surface area (Å²) in [6.45, 7) is 4.87. The van der Waals surface area contributed by atoms with Crippen LogP contribution in [0.4, 0.5) is 28.0 Å². The van der Waals surface area contributed by atoms with Crippen molar-refractivity contribution >= 4 is 27.6 Å². The summed E-state index contributed by atoms with van der Waals surface area (Å²) in [7, 11) is -4.44. The van der Waals surface area contributed by atoms with Gasteiger partial charge in [0.25, 0.3) is 0 Å². The molecule has 0 spiro atoms. The molecule has 1 atom stereocenters. The van der Waals surface area contributed by atoms with Gasteiger partial charge in [-0.15, -0.1) is 0 Å². The van der Waals surface area contributed by atoms with Crippen LogP contribution in [0.15, 0.2) is 12.1 Å². The van der Waals surface area contributed by atoms with Crippen LogP contribution in [0.25, 0.3) is 0 Å². The molecule has 1 aromatic rings. The van der Waals surface area contributed by atoms with Gasteiger partial charge in [-0.05, 0) is 35.1 Å². The molecule has 2 N–H and O–H groups in total. The van der Waals surface area contributed by atoms with Crippen LogP contribution in [-0.4, -0.2) is 49.8 Å². The SMILES string of the molecule is CC(C)c1cc(F)cc(C(C)C)c1NC(=O)NS(=O)(=O)C1CC(=O)N(CC(F)(F)F)C1. The molecule has 0 radical (unpaired) electrons. The molecule has 1 aliphatic rings. The minimum atomic E-state index is -4.66. The molecule has 7 nitrogen and oxygen atoms in total. The molecule has 174 valence electrons. The van der Waals surface area contributed by atoms with E-state index >= 15 is 0 Å². The highest BCUT2D eigenvalue weighted by Crippen LogP contribution is 2.33. The van der Waals surface area contributed by atoms with Crippen molar-refractivity contribution in [2.24, 2.45) is 0 Å². The Bertz CT molecular complexity index is 932. The largest absolute Gasteiger partial charge is 0.406 e. The number of alkyl halides is 3. The second-order valence-electron chi connectivity index (χ2n) is 8.09. The molecule has 0 aliphatic carbocycles. The van der Waals surface area contributed by atoms with Gasteiger partial charge in [-0.2, -0.15) is 13.2 Å². The van der Waals surface area contributed by atoms with Crippen molar-refractivity contribution in [3.05, 3.63) is 29.1 Å². The third-order valence-corrected chi connectivity index (χ3v) is 6.53. The minimum absolute atomic E-state index is 0.191. The number of carbonyl (C=O) groups excluding carboxylic acids is 2. The van der Waals surface area contributed by atoms with Gasteiger partial charge in [0.2, 0.25) is 15.9 Å². The lowest BCUT2D eigenvalue weighted by atomic mass is 9.92. The van der Waals surface area contributed by atoms with Crippen molar-refractivity contribution in [2.45, 2.75) is 57.4 Å². The number of anilines is 1. The Morgan fingerprint density at radius 2 is 1.68 bits per heavy atom. The van der Waals surface area contributed by atoms with Gasteiger partial charge in [0, 0.05) is 18.7 Å². The second kappa shape index (κ2) is 9.01. The van der Waals surface area contributed by atoms with Crippen LogP contribution < -0.4 is 10.0 Å². The summed E-state index contributed by atoms with van der Waals surface area (Å²) >= 11 is 0. The van der Waals surface area contributed by atoms with E-state index in [4.69, 9.17) is 0 Å². The molecule has 1 heterocycles. The van der Waals surface area contributed by atoms with E-state index in [0.29, 0.717) is 16.0 Å². The van der Waals surface area contributed by atoms with Crippen molar-refractivity contribution in [1.29, 1.82) is 0 Å². The summed E-state index contributed by atoms with van der Waals surface area (Å²) in [5, 5.41) is 0.931. The van der Waals surface area contributed by atoms with Gasteiger partial charge in [-0.25, -0.2) is 22.3 Å². The Kier molecular flexibility index (Phi) is 7.24. The third kappa shape index (κ3) is 6.31. The number of amides is 3. The first-order valence-corrected chi connectivity index (χ1v) is 11.2. The Hall–Kier alpha value is -2.37. The van der Waals surface area contributed by atoms with Crippen molar-refractivity contribution in [2.75, 3.05) is 18.4 Å². The van der Waals surface area contributed by atoms with E-state index < -0.39 is 58.7 Å². The number of carbonyl (C=O) groups is 2. The Morgan fingerprint density at radius 3 is 2.13 bits per heavy atom. The quantitative estimate of drug-likeness (QED) is 0.624. The molecular weight excluding hydrogens is 442 g/mol. The number of sulfonamides is 1. The lowest BCUT2D eigenvalue weighted by Crippen LogP contribution is -2.43. The molecule has 1 aliphatic heterocycles. The molecule has 0 bridgehead atoms. The summed E-state index contributed by atoms with van der Waals surface area (Å²) in [5.74, 6) is -1.84. The van der Waals surface area contributed by atoms with Gasteiger partial charge in [-0.3, -0.25) is 4.79 Å². The Morgan fingerprint density at radius 1 is 1.16 bits per heavy atom. The molecular formula is C19H25F4N3O4S. The molecule has 1 saturated heterocycles. The van der Waals surface area contributed by atoms with E-state index in [1.807, 2.05) is 0 Å². The number of rotatable bonds is 6. The zero-order valence-corrected chi connectivity index (χ0v) is 18.3. The fourth-order valence-corrected chi connectivity index (χ4v) is 4.58. The van der Waals surface area contributed by atoms with Crippen LogP contribution >= 0.6 is 0 Å². The number of halogens is 4. The molecule has 1 fully saturated rings. The molecule has 31 heavy (non-hydrogen) atoms. The van der Waals surface area contributed by atoms with Gasteiger partial charge in [0.05, 0.1) is 0 Å². The summed E-state index contributed by atoms with van der Waals surface area (Å²) < 4.78 is 78.4. The fraction of sp³-hybridized carbons (Fsp3) is 0.579. The topological polar surface area (TPSA) is 95.6 Å². The van der Waals surface area contributed by atoms with E-state index in [2.05, 4.69) is 5.32 Å². The first kappa shape index (κ1) is 24.9. The smallest absolute Gasteiger partial charge is 0.332 e. The Labute approximate surface area is 178 Å². The van der Waals surface area contributed by atoms with Crippen LogP contribution in [0, 0.1) is 5.82 Å². The van der Waals surface area contributed by atoms with Crippen LogP contribution in [0.3, 0.4) is 0 Å². The van der Waals surface area contributed by atoms with Crippen LogP contribution in [-0.2, 0) is 14.8 Å². The average Bonchev–Trinajstić information content (AvgIpc) is 2.95. The standard InChI is InChI=1S/C19H25F4N3O4S/c1-10(2)14-5-12(20)6-15(11(3)4)17(14)24-18(28)25-31(29,30)13-7-16(27)26(8-13)9-19(21,22)23/h5-6,10-11,13H,7-9H2,1-4H3,(H2,24,25,28). The molecule has 2 rings (SSSR count). The van der Waals surface area contributed by atoms with Crippen LogP contribution in [0.5, 0.6) is 0 Å². The van der Waals surface area contributed by atoms with Gasteiger partial charge < -0.3 is 10.2 Å². The number of nitrogens with zero attached hydrogens (tertiary/aromatic N) is 1. The number of hydrogen-bond acceptors (Lipinski definition) is 4. The number of likely N-dealkylation sites (tertiary alicyclic amines) is 1. The number of hydrogen-bond donors (Lipinski definition) is 2. The summed E-state index contributed by atoms with van der Waals surface area (Å²) in [6.07, 6.45) is -5.33. The number of urea groups is 1. The zero-order valence-electron chi connectivity index (χ0n) is 17.5. The molecule has 0 saturated carbocycles. The normalized spacial score (nSPS) is 17.5. The van der Waals surface area contributed by atoms with E-state index in [9.17, 15) is 35.6 Å². The zero-order chi connectivity index (χ0) is 23.7. The number of nitrogens with one attached hydrogen (secondary N) is 2. The van der Waals surface area contributed by atoms with E-state index in [0.717, 1.165) is 0 Å². The van der Waals surface area contributed by atoms with Gasteiger partial charge in [0.1, 0.15) is 17.6 Å². The highest BCUT2D eigenvalue weighted by molar-refractivity contribution is 7.90. The fourth-order valence-electron chi connectivity index (χ4n) is 3.37. The Balaban J connectivity index is 2.20. The van der Waals surface area contributed by atoms with Crippen molar-refractivity contribution in [3.8, 4) is 0 Å². The second-order valence-corrected chi connectivity index (χ2v) is 10.0. The maximum absolute atomic E-state index is 14.0. The van der Waals surface area contributed by atoms with E-state index in [1.165, 1.54) is 12.1 Å². The maximum atomic E-state index is 14.0. The first-order valence-electron chi connectivity index (χ1n) is 9.61. The van der Waals surface area contributed by atoms with Crippen molar-refractivity contribution < 1.29 is 35.6 Å². The molecule has 3 amide bonds. The summed E-state index contributed by atoms with van der Waals surface area (Å²) in [5.41, 5.74) is 1.19. The van der Waals surface area contributed by atoms with Gasteiger partial charge in [-0.1, -0.05) is 27.7 Å². The first-order chi connectivity index (χ1) is 14.1. The van der Waals surface area contributed by atoms with Crippen LogP contribution in [0.2, 0.25) is 0 Å². The van der Waals surface area contributed by atoms with Crippen molar-refractivity contribution in [1.82, 2.24) is 9.62 Å². The van der Waals surface area contributed by atoms with Gasteiger partial charge >= 0.3 is 12.2 Å². The van der Waals surface area contributed by atoms with E-state index in [1.54, 1.807) is 32.4 Å². The van der Waals surface area contributed by atoms with Gasteiger partial charge in [0.15, 0.2) is 0 Å². The maximum Gasteiger partial charge on any atom is 0.406 e. The lowest BCUT2D eigenvalue weighted by molar-refractivity contribution is -0.157. The summed E-state index contributed by atoms with van der Waals surface area (Å²) in [6, 6.07) is 1.34. The molecule has 0 aromatic heterocycles. The third-order valence-electron chi connectivity index (χ3n) is 4.87. The van der Waals surface area contributed by atoms with E-state index in [-0.39, 0.29) is 17.5 Å². The summed E-state index contributed by atoms with van der Waals surface area (Å²) in [4.78, 5) is 24.6. The number of benzene rings is 1. The molecule has 1 aromatic carbocycles. The highest BCUT2D eigenvalue weighted by Gasteiger charge is 2.43. The molecule has 12 heteroatoms. The van der Waals surface area contributed by atoms with Crippen LogP contribution in [0.1, 0.15) is 57.1 Å². The lowest BCUT2D eigenvalue weighted by Gasteiger charge is -2.21. The predicted octanol–water partition coefficient (Wildman–Crippen LogP) is 3.69. The highest BCUT2D eigenvalue weighted by atomic mass is 32.2. The monoisotopic (exact) mass is 467 g/mol. The average molecular weight is 467 g/mol. The minimum Gasteiger partial charge on any atom is -0.332 e.